The molecule has 2 aliphatic rings. The van der Waals surface area contributed by atoms with Gasteiger partial charge in [-0.15, -0.1) is 0 Å². The summed E-state index contributed by atoms with van der Waals surface area (Å²) in [6.07, 6.45) is -3.86. The van der Waals surface area contributed by atoms with Gasteiger partial charge < -0.3 is 25.4 Å². The summed E-state index contributed by atoms with van der Waals surface area (Å²) in [5.74, 6) is 0.266. The van der Waals surface area contributed by atoms with Crippen molar-refractivity contribution in [2.75, 3.05) is 43.5 Å². The van der Waals surface area contributed by atoms with Crippen LogP contribution in [0.2, 0.25) is 0 Å². The number of aliphatic hydroxyl groups excluding tert-OH is 1. The fraction of sp³-hybridized carbons (Fsp3) is 0.538. The first-order valence-electron chi connectivity index (χ1n) is 12.3. The van der Waals surface area contributed by atoms with Crippen LogP contribution in [0.4, 0.5) is 29.5 Å². The number of amides is 2. The van der Waals surface area contributed by atoms with E-state index in [2.05, 4.69) is 10.6 Å². The Bertz CT molecular complexity index is 1070. The van der Waals surface area contributed by atoms with E-state index in [1.54, 1.807) is 6.07 Å². The Kier molecular flexibility index (Phi) is 8.04. The van der Waals surface area contributed by atoms with Crippen LogP contribution in [0.15, 0.2) is 30.3 Å². The molecule has 7 nitrogen and oxygen atoms in total. The highest BCUT2D eigenvalue weighted by Gasteiger charge is 2.36. The lowest BCUT2D eigenvalue weighted by atomic mass is 9.96. The fourth-order valence-corrected chi connectivity index (χ4v) is 4.78. The second-order valence-electron chi connectivity index (χ2n) is 9.83. The second-order valence-corrected chi connectivity index (χ2v) is 9.83. The van der Waals surface area contributed by atoms with Gasteiger partial charge in [-0.3, -0.25) is 0 Å². The average Bonchev–Trinajstić information content (AvgIpc) is 3.51. The molecule has 36 heavy (non-hydrogen) atoms. The summed E-state index contributed by atoms with van der Waals surface area (Å²) in [6, 6.07) is 8.95. The van der Waals surface area contributed by atoms with Gasteiger partial charge in [0.15, 0.2) is 0 Å². The Labute approximate surface area is 209 Å². The van der Waals surface area contributed by atoms with Crippen LogP contribution < -0.4 is 10.6 Å². The number of likely N-dealkylation sites (tertiary alicyclic amines) is 1. The lowest BCUT2D eigenvalue weighted by Gasteiger charge is -2.19. The predicted molar refractivity (Wildman–Crippen MR) is 132 cm³/mol. The molecular weight excluding hydrogens is 473 g/mol. The number of pyridine rings is 1. The molecule has 2 saturated heterocycles. The van der Waals surface area contributed by atoms with Gasteiger partial charge in [-0.25, -0.2) is 9.78 Å². The van der Waals surface area contributed by atoms with Crippen LogP contribution in [0.25, 0.3) is 11.1 Å². The molecule has 0 radical (unpaired) electrons. The topological polar surface area (TPSA) is 86.7 Å². The summed E-state index contributed by atoms with van der Waals surface area (Å²) in [5.41, 5.74) is 4.30. The smallest absolute Gasteiger partial charge is 0.389 e. The van der Waals surface area contributed by atoms with Crippen LogP contribution in [0.1, 0.15) is 43.4 Å². The van der Waals surface area contributed by atoms with Crippen LogP contribution in [-0.4, -0.2) is 66.1 Å². The number of nitrogens with zero attached hydrogens (tertiary/aromatic N) is 2. The number of aryl methyl sites for hydroxylation is 1. The molecule has 2 amide bonds. The average molecular weight is 507 g/mol. The van der Waals surface area contributed by atoms with Gasteiger partial charge in [-0.1, -0.05) is 6.07 Å². The number of carbonyl (C=O) groups is 1. The van der Waals surface area contributed by atoms with Gasteiger partial charge >= 0.3 is 12.2 Å². The van der Waals surface area contributed by atoms with Crippen molar-refractivity contribution < 1.29 is 27.8 Å². The predicted octanol–water partition coefficient (Wildman–Crippen LogP) is 5.16. The van der Waals surface area contributed by atoms with Crippen LogP contribution >= 0.6 is 0 Å². The number of rotatable bonds is 7. The maximum atomic E-state index is 12.8. The minimum absolute atomic E-state index is 0.0331. The number of halogens is 3. The minimum atomic E-state index is -4.22. The SMILES string of the molecule is Cc1ccc(NC(=O)N2CC[C@@H](CC(F)(F)F)C2)cc1-c1cc(N[C@H](C)CO)nc(C2CCOC2)c1. The molecule has 2 aromatic rings. The number of carbonyl (C=O) groups excluding carboxylic acids is 1. The van der Waals surface area contributed by atoms with Crippen molar-refractivity contribution in [1.29, 1.82) is 0 Å². The highest BCUT2D eigenvalue weighted by Crippen LogP contribution is 2.34. The van der Waals surface area contributed by atoms with E-state index in [9.17, 15) is 23.1 Å². The van der Waals surface area contributed by atoms with Crippen LogP contribution in [0.5, 0.6) is 0 Å². The van der Waals surface area contributed by atoms with Gasteiger partial charge in [-0.05, 0) is 73.6 Å². The summed E-state index contributed by atoms with van der Waals surface area (Å²) < 4.78 is 43.7. The summed E-state index contributed by atoms with van der Waals surface area (Å²) in [4.78, 5) is 19.0. The Balaban J connectivity index is 1.55. The van der Waals surface area contributed by atoms with Crippen molar-refractivity contribution in [3.8, 4) is 11.1 Å². The van der Waals surface area contributed by atoms with E-state index in [4.69, 9.17) is 9.72 Å². The van der Waals surface area contributed by atoms with Crippen molar-refractivity contribution >= 4 is 17.5 Å². The van der Waals surface area contributed by atoms with Crippen molar-refractivity contribution in [2.24, 2.45) is 5.92 Å². The Hall–Kier alpha value is -2.85. The largest absolute Gasteiger partial charge is 0.394 e. The molecule has 1 aromatic carbocycles. The molecule has 2 aliphatic heterocycles. The Morgan fingerprint density at radius 2 is 2.08 bits per heavy atom. The van der Waals surface area contributed by atoms with Crippen molar-refractivity contribution in [3.63, 3.8) is 0 Å². The third-order valence-corrected chi connectivity index (χ3v) is 6.75. The molecular formula is C26H33F3N4O3. The zero-order valence-electron chi connectivity index (χ0n) is 20.6. The molecule has 0 saturated carbocycles. The summed E-state index contributed by atoms with van der Waals surface area (Å²) in [5, 5.41) is 15.6. The van der Waals surface area contributed by atoms with Gasteiger partial charge in [0.2, 0.25) is 0 Å². The number of hydrogen-bond acceptors (Lipinski definition) is 5. The van der Waals surface area contributed by atoms with E-state index < -0.39 is 24.5 Å². The second kappa shape index (κ2) is 11.0. The number of urea groups is 1. The third-order valence-electron chi connectivity index (χ3n) is 6.75. The molecule has 3 heterocycles. The van der Waals surface area contributed by atoms with E-state index in [1.165, 1.54) is 4.90 Å². The molecule has 10 heteroatoms. The van der Waals surface area contributed by atoms with Crippen LogP contribution in [0.3, 0.4) is 0 Å². The lowest BCUT2D eigenvalue weighted by molar-refractivity contribution is -0.143. The van der Waals surface area contributed by atoms with Crippen molar-refractivity contribution in [2.45, 2.75) is 51.2 Å². The third kappa shape index (κ3) is 6.67. The zero-order chi connectivity index (χ0) is 25.9. The van der Waals surface area contributed by atoms with Crippen LogP contribution in [-0.2, 0) is 4.74 Å². The molecule has 4 rings (SSSR count). The molecule has 196 valence electrons. The molecule has 0 bridgehead atoms. The lowest BCUT2D eigenvalue weighted by Crippen LogP contribution is -2.33. The summed E-state index contributed by atoms with van der Waals surface area (Å²) >= 11 is 0. The molecule has 0 spiro atoms. The van der Waals surface area contributed by atoms with E-state index in [-0.39, 0.29) is 25.1 Å². The number of nitrogens with one attached hydrogen (secondary N) is 2. The monoisotopic (exact) mass is 506 g/mol. The van der Waals surface area contributed by atoms with Crippen molar-refractivity contribution in [3.05, 3.63) is 41.6 Å². The van der Waals surface area contributed by atoms with Gasteiger partial charge in [0, 0.05) is 49.5 Å². The molecule has 1 unspecified atom stereocenters. The maximum absolute atomic E-state index is 12.8. The first-order chi connectivity index (χ1) is 17.1. The number of ether oxygens (including phenoxy) is 1. The van der Waals surface area contributed by atoms with Gasteiger partial charge in [0.05, 0.1) is 13.2 Å². The van der Waals surface area contributed by atoms with Crippen LogP contribution in [0, 0.1) is 12.8 Å². The molecule has 0 aliphatic carbocycles. The summed E-state index contributed by atoms with van der Waals surface area (Å²) in [7, 11) is 0. The van der Waals surface area contributed by atoms with Gasteiger partial charge in [0.1, 0.15) is 5.82 Å². The highest BCUT2D eigenvalue weighted by molar-refractivity contribution is 5.90. The van der Waals surface area contributed by atoms with E-state index >= 15 is 0 Å². The standard InChI is InChI=1S/C26H33F3N4O3/c1-16-3-4-21(31-25(35)33-7-5-18(13-33)12-26(27,28)29)11-22(16)20-9-23(19-6-8-36-15-19)32-24(10-20)30-17(2)14-34/h3-4,9-11,17-19,34H,5-8,12-15H2,1-2H3,(H,30,32)(H,31,35)/t17-,18+,19?/m1/s1. The fourth-order valence-electron chi connectivity index (χ4n) is 4.78. The minimum Gasteiger partial charge on any atom is -0.394 e. The molecule has 3 N–H and O–H groups in total. The Morgan fingerprint density at radius 3 is 2.78 bits per heavy atom. The quantitative estimate of drug-likeness (QED) is 0.483. The number of aromatic nitrogens is 1. The highest BCUT2D eigenvalue weighted by atomic mass is 19.4. The molecule has 2 fully saturated rings. The first-order valence-corrected chi connectivity index (χ1v) is 12.3. The van der Waals surface area contributed by atoms with Gasteiger partial charge in [0.25, 0.3) is 0 Å². The molecule has 3 atom stereocenters. The number of benzene rings is 1. The van der Waals surface area contributed by atoms with Crippen molar-refractivity contribution in [1.82, 2.24) is 9.88 Å². The zero-order valence-corrected chi connectivity index (χ0v) is 20.6. The van der Waals surface area contributed by atoms with E-state index in [1.807, 2.05) is 38.1 Å². The van der Waals surface area contributed by atoms with E-state index in [0.717, 1.165) is 28.8 Å². The number of hydrogen-bond donors (Lipinski definition) is 3. The number of aliphatic hydroxyl groups is 1. The number of anilines is 2. The molecule has 1 aromatic heterocycles. The van der Waals surface area contributed by atoms with Gasteiger partial charge in [-0.2, -0.15) is 13.2 Å². The Morgan fingerprint density at radius 1 is 1.28 bits per heavy atom. The maximum Gasteiger partial charge on any atom is 0.389 e. The number of alkyl halides is 3. The van der Waals surface area contributed by atoms with E-state index in [0.29, 0.717) is 37.7 Å². The first kappa shape index (κ1) is 26.2. The normalized spacial score (nSPS) is 21.0. The summed E-state index contributed by atoms with van der Waals surface area (Å²) in [6.45, 7) is 5.50.